The molecule has 3 heterocycles. The lowest BCUT2D eigenvalue weighted by Gasteiger charge is -2.32. The molecule has 1 N–H and O–H groups in total. The number of nitriles is 1. The van der Waals surface area contributed by atoms with Gasteiger partial charge in [0.2, 0.25) is 0 Å². The van der Waals surface area contributed by atoms with Crippen molar-refractivity contribution in [3.63, 3.8) is 0 Å². The van der Waals surface area contributed by atoms with Crippen molar-refractivity contribution in [3.8, 4) is 6.07 Å². The summed E-state index contributed by atoms with van der Waals surface area (Å²) in [7, 11) is 0. The Hall–Kier alpha value is -1.67. The van der Waals surface area contributed by atoms with Crippen molar-refractivity contribution in [2.75, 3.05) is 18.4 Å². The molecule has 5 heteroatoms. The molecule has 0 spiro atoms. The Morgan fingerprint density at radius 2 is 2.17 bits per heavy atom. The molecule has 3 rings (SSSR count). The van der Waals surface area contributed by atoms with Crippen molar-refractivity contribution in [2.45, 2.75) is 37.8 Å². The summed E-state index contributed by atoms with van der Waals surface area (Å²) in [5.74, 6) is 0.784. The molecule has 0 bridgehead atoms. The van der Waals surface area contributed by atoms with Crippen LogP contribution in [0.25, 0.3) is 0 Å². The van der Waals surface area contributed by atoms with E-state index >= 15 is 0 Å². The first kappa shape index (κ1) is 11.4. The normalized spacial score (nSPS) is 27.5. The van der Waals surface area contributed by atoms with Crippen LogP contribution in [0.15, 0.2) is 12.4 Å². The Labute approximate surface area is 107 Å². The second-order valence-corrected chi connectivity index (χ2v) is 5.04. The third kappa shape index (κ3) is 2.16. The fraction of sp³-hybridized carbons (Fsp3) is 0.615. The minimum Gasteiger partial charge on any atom is -0.364 e. The van der Waals surface area contributed by atoms with Crippen molar-refractivity contribution in [3.05, 3.63) is 18.1 Å². The van der Waals surface area contributed by atoms with Crippen LogP contribution in [0, 0.1) is 11.3 Å². The van der Waals surface area contributed by atoms with Gasteiger partial charge < -0.3 is 5.32 Å². The molecule has 0 aliphatic carbocycles. The molecule has 1 aromatic heterocycles. The van der Waals surface area contributed by atoms with Crippen LogP contribution < -0.4 is 5.32 Å². The highest BCUT2D eigenvalue weighted by Crippen LogP contribution is 2.28. The van der Waals surface area contributed by atoms with Gasteiger partial charge in [-0.2, -0.15) is 5.26 Å². The van der Waals surface area contributed by atoms with Crippen LogP contribution in [-0.2, 0) is 0 Å². The average molecular weight is 243 g/mol. The zero-order chi connectivity index (χ0) is 12.4. The SMILES string of the molecule is N#Cc1cnc(NC2CCN3CCCCC23)cn1. The van der Waals surface area contributed by atoms with Crippen LogP contribution in [0.1, 0.15) is 31.4 Å². The van der Waals surface area contributed by atoms with E-state index in [9.17, 15) is 0 Å². The van der Waals surface area contributed by atoms with E-state index in [1.807, 2.05) is 6.07 Å². The molecule has 0 saturated carbocycles. The predicted octanol–water partition coefficient (Wildman–Crippen LogP) is 1.39. The number of nitrogens with zero attached hydrogens (tertiary/aromatic N) is 4. The van der Waals surface area contributed by atoms with E-state index in [2.05, 4.69) is 20.2 Å². The highest BCUT2D eigenvalue weighted by molar-refractivity contribution is 5.35. The van der Waals surface area contributed by atoms with Crippen molar-refractivity contribution in [2.24, 2.45) is 0 Å². The van der Waals surface area contributed by atoms with E-state index in [4.69, 9.17) is 5.26 Å². The fourth-order valence-corrected chi connectivity index (χ4v) is 3.07. The first-order valence-corrected chi connectivity index (χ1v) is 6.59. The second kappa shape index (κ2) is 4.91. The molecule has 1 aromatic rings. The van der Waals surface area contributed by atoms with Gasteiger partial charge in [0, 0.05) is 18.6 Å². The van der Waals surface area contributed by atoms with Crippen LogP contribution >= 0.6 is 0 Å². The summed E-state index contributed by atoms with van der Waals surface area (Å²) in [6, 6.07) is 3.11. The van der Waals surface area contributed by atoms with E-state index in [-0.39, 0.29) is 0 Å². The van der Waals surface area contributed by atoms with Gasteiger partial charge in [0.25, 0.3) is 0 Å². The lowest BCUT2D eigenvalue weighted by molar-refractivity contribution is 0.192. The molecule has 18 heavy (non-hydrogen) atoms. The van der Waals surface area contributed by atoms with Crippen LogP contribution in [0.5, 0.6) is 0 Å². The van der Waals surface area contributed by atoms with Crippen LogP contribution in [-0.4, -0.2) is 40.0 Å². The predicted molar refractivity (Wildman–Crippen MR) is 68.0 cm³/mol. The Morgan fingerprint density at radius 3 is 2.94 bits per heavy atom. The van der Waals surface area contributed by atoms with E-state index < -0.39 is 0 Å². The van der Waals surface area contributed by atoms with Gasteiger partial charge in [0.15, 0.2) is 5.69 Å². The first-order chi connectivity index (χ1) is 8.86. The number of hydrogen-bond acceptors (Lipinski definition) is 5. The summed E-state index contributed by atoms with van der Waals surface area (Å²) in [5, 5.41) is 12.2. The van der Waals surface area contributed by atoms with Gasteiger partial charge >= 0.3 is 0 Å². The lowest BCUT2D eigenvalue weighted by atomic mass is 9.99. The Kier molecular flexibility index (Phi) is 3.11. The molecule has 2 fully saturated rings. The number of aromatic nitrogens is 2. The van der Waals surface area contributed by atoms with Gasteiger partial charge in [-0.25, -0.2) is 9.97 Å². The number of fused-ring (bicyclic) bond motifs is 1. The highest BCUT2D eigenvalue weighted by Gasteiger charge is 2.35. The Morgan fingerprint density at radius 1 is 1.22 bits per heavy atom. The van der Waals surface area contributed by atoms with Crippen molar-refractivity contribution >= 4 is 5.82 Å². The molecule has 2 saturated heterocycles. The maximum atomic E-state index is 8.69. The van der Waals surface area contributed by atoms with E-state index in [1.165, 1.54) is 45.0 Å². The molecule has 2 aliphatic heterocycles. The summed E-state index contributed by atoms with van der Waals surface area (Å²) in [6.07, 6.45) is 8.30. The van der Waals surface area contributed by atoms with Gasteiger partial charge in [0.05, 0.1) is 12.4 Å². The summed E-state index contributed by atoms with van der Waals surface area (Å²) >= 11 is 0. The summed E-state index contributed by atoms with van der Waals surface area (Å²) < 4.78 is 0. The third-order valence-corrected chi connectivity index (χ3v) is 3.96. The van der Waals surface area contributed by atoms with Crippen LogP contribution in [0.2, 0.25) is 0 Å². The molecule has 0 radical (unpaired) electrons. The van der Waals surface area contributed by atoms with Crippen LogP contribution in [0.3, 0.4) is 0 Å². The van der Waals surface area contributed by atoms with E-state index in [0.717, 1.165) is 5.82 Å². The minimum absolute atomic E-state index is 0.367. The monoisotopic (exact) mass is 243 g/mol. The highest BCUT2D eigenvalue weighted by atomic mass is 15.2. The Balaban J connectivity index is 1.67. The molecule has 94 valence electrons. The minimum atomic E-state index is 0.367. The quantitative estimate of drug-likeness (QED) is 0.850. The zero-order valence-electron chi connectivity index (χ0n) is 10.3. The molecule has 0 amide bonds. The summed E-state index contributed by atoms with van der Waals surface area (Å²) in [5.41, 5.74) is 0.367. The largest absolute Gasteiger partial charge is 0.364 e. The molecule has 5 nitrogen and oxygen atoms in total. The van der Waals surface area contributed by atoms with Gasteiger partial charge in [0.1, 0.15) is 11.9 Å². The molecule has 2 atom stereocenters. The smallest absolute Gasteiger partial charge is 0.158 e. The molecule has 0 aromatic carbocycles. The van der Waals surface area contributed by atoms with Crippen molar-refractivity contribution in [1.29, 1.82) is 5.26 Å². The second-order valence-electron chi connectivity index (χ2n) is 5.04. The maximum absolute atomic E-state index is 8.69. The summed E-state index contributed by atoms with van der Waals surface area (Å²) in [4.78, 5) is 10.9. The van der Waals surface area contributed by atoms with Crippen LogP contribution in [0.4, 0.5) is 5.82 Å². The number of nitrogens with one attached hydrogen (secondary N) is 1. The van der Waals surface area contributed by atoms with E-state index in [1.54, 1.807) is 6.20 Å². The van der Waals surface area contributed by atoms with Gasteiger partial charge in [-0.15, -0.1) is 0 Å². The fourth-order valence-electron chi connectivity index (χ4n) is 3.07. The lowest BCUT2D eigenvalue weighted by Crippen LogP contribution is -2.41. The topological polar surface area (TPSA) is 64.8 Å². The first-order valence-electron chi connectivity index (χ1n) is 6.59. The third-order valence-electron chi connectivity index (χ3n) is 3.96. The van der Waals surface area contributed by atoms with Gasteiger partial charge in [-0.3, -0.25) is 4.90 Å². The number of piperidine rings is 1. The standard InChI is InChI=1S/C13H17N5/c14-7-10-8-16-13(9-15-10)17-11-4-6-18-5-2-1-3-12(11)18/h8-9,11-12H,1-6H2,(H,16,17). The van der Waals surface area contributed by atoms with Gasteiger partial charge in [-0.1, -0.05) is 6.42 Å². The number of hydrogen-bond donors (Lipinski definition) is 1. The number of anilines is 1. The molecule has 2 aliphatic rings. The average Bonchev–Trinajstić information content (AvgIpc) is 2.83. The van der Waals surface area contributed by atoms with Crippen molar-refractivity contribution in [1.82, 2.24) is 14.9 Å². The number of rotatable bonds is 2. The molecular formula is C13H17N5. The van der Waals surface area contributed by atoms with Crippen molar-refractivity contribution < 1.29 is 0 Å². The Bertz CT molecular complexity index is 449. The zero-order valence-corrected chi connectivity index (χ0v) is 10.3. The van der Waals surface area contributed by atoms with Gasteiger partial charge in [-0.05, 0) is 25.8 Å². The van der Waals surface area contributed by atoms with E-state index in [0.29, 0.717) is 17.8 Å². The molecular weight excluding hydrogens is 226 g/mol. The molecule has 2 unspecified atom stereocenters. The summed E-state index contributed by atoms with van der Waals surface area (Å²) in [6.45, 7) is 2.42. The maximum Gasteiger partial charge on any atom is 0.158 e.